The van der Waals surface area contributed by atoms with E-state index in [1.54, 1.807) is 18.3 Å². The maximum atomic E-state index is 12.0. The SMILES string of the molecule is O=C1CCCCc2nc(Cc3c(Cl)cccc3Cl)ncc21. The van der Waals surface area contributed by atoms with Crippen LogP contribution in [0.4, 0.5) is 0 Å². The molecule has 21 heavy (non-hydrogen) atoms. The van der Waals surface area contributed by atoms with Crippen LogP contribution in [0.3, 0.4) is 0 Å². The predicted octanol–water partition coefficient (Wildman–Crippen LogP) is 4.28. The molecule has 1 aromatic heterocycles. The summed E-state index contributed by atoms with van der Waals surface area (Å²) in [5.41, 5.74) is 2.34. The number of aromatic nitrogens is 2. The number of nitrogens with zero attached hydrogens (tertiary/aromatic N) is 2. The largest absolute Gasteiger partial charge is 0.294 e. The van der Waals surface area contributed by atoms with E-state index < -0.39 is 0 Å². The summed E-state index contributed by atoms with van der Waals surface area (Å²) in [5, 5.41) is 1.22. The van der Waals surface area contributed by atoms with Crippen molar-refractivity contribution < 1.29 is 4.79 Å². The van der Waals surface area contributed by atoms with Crippen LogP contribution < -0.4 is 0 Å². The highest BCUT2D eigenvalue weighted by molar-refractivity contribution is 6.36. The zero-order chi connectivity index (χ0) is 14.8. The first-order chi connectivity index (χ1) is 10.1. The Morgan fingerprint density at radius 3 is 2.57 bits per heavy atom. The first-order valence-corrected chi connectivity index (χ1v) is 7.71. The van der Waals surface area contributed by atoms with Gasteiger partial charge in [-0.1, -0.05) is 29.3 Å². The molecule has 1 heterocycles. The summed E-state index contributed by atoms with van der Waals surface area (Å²) in [6.45, 7) is 0. The van der Waals surface area contributed by atoms with Gasteiger partial charge in [0.1, 0.15) is 5.82 Å². The Morgan fingerprint density at radius 2 is 1.81 bits per heavy atom. The number of ketones is 1. The van der Waals surface area contributed by atoms with Crippen molar-refractivity contribution in [3.8, 4) is 0 Å². The van der Waals surface area contributed by atoms with E-state index in [1.807, 2.05) is 6.07 Å². The molecule has 1 aliphatic carbocycles. The molecule has 1 aliphatic rings. The zero-order valence-electron chi connectivity index (χ0n) is 11.4. The second-order valence-electron chi connectivity index (χ2n) is 5.15. The topological polar surface area (TPSA) is 42.9 Å². The molecule has 0 atom stereocenters. The number of aryl methyl sites for hydroxylation is 1. The van der Waals surface area contributed by atoms with Gasteiger partial charge in [0.15, 0.2) is 5.78 Å². The van der Waals surface area contributed by atoms with E-state index in [0.717, 1.165) is 30.5 Å². The molecular weight excluding hydrogens is 307 g/mol. The van der Waals surface area contributed by atoms with Crippen LogP contribution in [0.15, 0.2) is 24.4 Å². The molecular formula is C16H14Cl2N2O. The molecule has 0 unspecified atom stereocenters. The van der Waals surface area contributed by atoms with Gasteiger partial charge < -0.3 is 0 Å². The number of Topliss-reactive ketones (excluding diaryl/α,β-unsaturated/α-hetero) is 1. The van der Waals surface area contributed by atoms with Crippen LogP contribution in [-0.2, 0) is 12.8 Å². The number of hydrogen-bond acceptors (Lipinski definition) is 3. The first kappa shape index (κ1) is 14.5. The third kappa shape index (κ3) is 3.09. The maximum Gasteiger partial charge on any atom is 0.166 e. The van der Waals surface area contributed by atoms with Gasteiger partial charge in [0.05, 0.1) is 11.3 Å². The standard InChI is InChI=1S/C16H14Cl2N2O/c17-12-4-3-5-13(18)10(12)8-16-19-9-11-14(20-16)6-1-2-7-15(11)21/h3-5,9H,1-2,6-8H2. The van der Waals surface area contributed by atoms with Crippen LogP contribution in [0.5, 0.6) is 0 Å². The highest BCUT2D eigenvalue weighted by Crippen LogP contribution is 2.26. The molecule has 0 bridgehead atoms. The van der Waals surface area contributed by atoms with Crippen LogP contribution in [-0.4, -0.2) is 15.8 Å². The van der Waals surface area contributed by atoms with Crippen molar-refractivity contribution >= 4 is 29.0 Å². The van der Waals surface area contributed by atoms with Gasteiger partial charge in [-0.2, -0.15) is 0 Å². The van der Waals surface area contributed by atoms with Crippen molar-refractivity contribution in [3.63, 3.8) is 0 Å². The van der Waals surface area contributed by atoms with Gasteiger partial charge in [-0.15, -0.1) is 0 Å². The smallest absolute Gasteiger partial charge is 0.166 e. The molecule has 5 heteroatoms. The molecule has 0 radical (unpaired) electrons. The van der Waals surface area contributed by atoms with Gasteiger partial charge in [-0.25, -0.2) is 9.97 Å². The van der Waals surface area contributed by atoms with Gasteiger partial charge in [0.2, 0.25) is 0 Å². The Morgan fingerprint density at radius 1 is 1.10 bits per heavy atom. The van der Waals surface area contributed by atoms with Crippen LogP contribution in [0, 0.1) is 0 Å². The minimum absolute atomic E-state index is 0.143. The van der Waals surface area contributed by atoms with Gasteiger partial charge >= 0.3 is 0 Å². The molecule has 0 fully saturated rings. The number of carbonyl (C=O) groups excluding carboxylic acids is 1. The summed E-state index contributed by atoms with van der Waals surface area (Å²) >= 11 is 12.4. The lowest BCUT2D eigenvalue weighted by Gasteiger charge is -2.08. The maximum absolute atomic E-state index is 12.0. The lowest BCUT2D eigenvalue weighted by Crippen LogP contribution is -2.07. The summed E-state index contributed by atoms with van der Waals surface area (Å²) in [6, 6.07) is 5.41. The van der Waals surface area contributed by atoms with Crippen molar-refractivity contribution in [2.45, 2.75) is 32.1 Å². The minimum atomic E-state index is 0.143. The second-order valence-corrected chi connectivity index (χ2v) is 5.97. The first-order valence-electron chi connectivity index (χ1n) is 6.96. The van der Waals surface area contributed by atoms with Crippen molar-refractivity contribution in [1.29, 1.82) is 0 Å². The van der Waals surface area contributed by atoms with Crippen molar-refractivity contribution in [2.24, 2.45) is 0 Å². The molecule has 108 valence electrons. The Bertz CT molecular complexity index is 680. The van der Waals surface area contributed by atoms with E-state index >= 15 is 0 Å². The van der Waals surface area contributed by atoms with E-state index in [-0.39, 0.29) is 5.78 Å². The Hall–Kier alpha value is -1.45. The average Bonchev–Trinajstić information content (AvgIpc) is 2.65. The van der Waals surface area contributed by atoms with Crippen molar-refractivity contribution in [1.82, 2.24) is 9.97 Å². The molecule has 3 nitrogen and oxygen atoms in total. The number of fused-ring (bicyclic) bond motifs is 1. The lowest BCUT2D eigenvalue weighted by molar-refractivity contribution is 0.0981. The molecule has 0 spiro atoms. The van der Waals surface area contributed by atoms with Gasteiger partial charge in [-0.3, -0.25) is 4.79 Å². The summed E-state index contributed by atoms with van der Waals surface area (Å²) in [4.78, 5) is 20.8. The van der Waals surface area contributed by atoms with Crippen LogP contribution >= 0.6 is 23.2 Å². The molecule has 1 aromatic carbocycles. The number of halogens is 2. The molecule has 0 amide bonds. The highest BCUT2D eigenvalue weighted by Gasteiger charge is 2.18. The van der Waals surface area contributed by atoms with E-state index in [0.29, 0.717) is 34.3 Å². The molecule has 0 N–H and O–H groups in total. The summed E-state index contributed by atoms with van der Waals surface area (Å²) in [6.07, 6.45) is 5.44. The summed E-state index contributed by atoms with van der Waals surface area (Å²) in [5.74, 6) is 0.795. The molecule has 0 saturated carbocycles. The summed E-state index contributed by atoms with van der Waals surface area (Å²) < 4.78 is 0. The average molecular weight is 321 g/mol. The highest BCUT2D eigenvalue weighted by atomic mass is 35.5. The lowest BCUT2D eigenvalue weighted by atomic mass is 10.1. The van der Waals surface area contributed by atoms with Gasteiger partial charge in [-0.05, 0) is 37.0 Å². The van der Waals surface area contributed by atoms with Crippen molar-refractivity contribution in [3.05, 3.63) is 57.1 Å². The summed E-state index contributed by atoms with van der Waals surface area (Å²) in [7, 11) is 0. The van der Waals surface area contributed by atoms with Crippen LogP contribution in [0.2, 0.25) is 10.0 Å². The molecule has 0 aliphatic heterocycles. The van der Waals surface area contributed by atoms with Crippen molar-refractivity contribution in [2.75, 3.05) is 0 Å². The molecule has 2 aromatic rings. The van der Waals surface area contributed by atoms with Gasteiger partial charge in [0, 0.05) is 29.1 Å². The monoisotopic (exact) mass is 320 g/mol. The Balaban J connectivity index is 1.94. The quantitative estimate of drug-likeness (QED) is 0.775. The fourth-order valence-electron chi connectivity index (χ4n) is 2.54. The third-order valence-electron chi connectivity index (χ3n) is 3.68. The van der Waals surface area contributed by atoms with E-state index in [2.05, 4.69) is 9.97 Å². The molecule has 0 saturated heterocycles. The van der Waals surface area contributed by atoms with Crippen LogP contribution in [0.1, 0.15) is 46.7 Å². The zero-order valence-corrected chi connectivity index (χ0v) is 12.9. The Labute approximate surface area is 133 Å². The third-order valence-corrected chi connectivity index (χ3v) is 4.39. The fraction of sp³-hybridized carbons (Fsp3) is 0.312. The minimum Gasteiger partial charge on any atom is -0.294 e. The molecule has 3 rings (SSSR count). The van der Waals surface area contributed by atoms with E-state index in [9.17, 15) is 4.79 Å². The normalized spacial score (nSPS) is 14.7. The Kier molecular flexibility index (Phi) is 4.22. The fourth-order valence-corrected chi connectivity index (χ4v) is 3.07. The predicted molar refractivity (Wildman–Crippen MR) is 83.2 cm³/mol. The van der Waals surface area contributed by atoms with E-state index in [1.165, 1.54) is 0 Å². The number of carbonyl (C=O) groups is 1. The second kappa shape index (κ2) is 6.12. The van der Waals surface area contributed by atoms with E-state index in [4.69, 9.17) is 23.2 Å². The number of rotatable bonds is 2. The van der Waals surface area contributed by atoms with Crippen LogP contribution in [0.25, 0.3) is 0 Å². The number of benzene rings is 1. The van der Waals surface area contributed by atoms with Gasteiger partial charge in [0.25, 0.3) is 0 Å². The number of hydrogen-bond donors (Lipinski definition) is 0.